The average molecular weight is 312 g/mol. The highest BCUT2D eigenvalue weighted by Gasteiger charge is 2.15. The quantitative estimate of drug-likeness (QED) is 0.853. The zero-order chi connectivity index (χ0) is 16.4. The van der Waals surface area contributed by atoms with Gasteiger partial charge in [-0.25, -0.2) is 4.98 Å². The largest absolute Gasteiger partial charge is 0.353 e. The van der Waals surface area contributed by atoms with Gasteiger partial charge in [-0.15, -0.1) is 0 Å². The molecule has 1 aromatic carbocycles. The molecule has 0 bridgehead atoms. The maximum atomic E-state index is 11.1. The smallest absolute Gasteiger partial charge is 0.217 e. The SMILES string of the molecule is CC(=O)NCC1=CCCN(Cc2nc3c(C)c(C)ccc3[nH]2)C1. The van der Waals surface area contributed by atoms with Crippen LogP contribution >= 0.6 is 0 Å². The number of benzene rings is 1. The molecule has 2 heterocycles. The number of carbonyl (C=O) groups is 1. The molecule has 23 heavy (non-hydrogen) atoms. The molecule has 0 saturated carbocycles. The van der Waals surface area contributed by atoms with Gasteiger partial charge in [0.2, 0.25) is 5.91 Å². The number of hydrogen-bond acceptors (Lipinski definition) is 3. The maximum absolute atomic E-state index is 11.1. The van der Waals surface area contributed by atoms with E-state index in [9.17, 15) is 4.79 Å². The Morgan fingerprint density at radius 2 is 2.22 bits per heavy atom. The zero-order valence-corrected chi connectivity index (χ0v) is 14.1. The third kappa shape index (κ3) is 3.62. The monoisotopic (exact) mass is 312 g/mol. The van der Waals surface area contributed by atoms with Crippen molar-refractivity contribution in [2.75, 3.05) is 19.6 Å². The number of H-pyrrole nitrogens is 1. The molecule has 3 rings (SSSR count). The van der Waals surface area contributed by atoms with Crippen LogP contribution in [0, 0.1) is 13.8 Å². The summed E-state index contributed by atoms with van der Waals surface area (Å²) in [5, 5.41) is 2.88. The van der Waals surface area contributed by atoms with Gasteiger partial charge < -0.3 is 10.3 Å². The van der Waals surface area contributed by atoms with Crippen LogP contribution in [0.1, 0.15) is 30.3 Å². The lowest BCUT2D eigenvalue weighted by Gasteiger charge is -2.26. The molecule has 5 heteroatoms. The van der Waals surface area contributed by atoms with Gasteiger partial charge >= 0.3 is 0 Å². The zero-order valence-electron chi connectivity index (χ0n) is 14.1. The maximum Gasteiger partial charge on any atom is 0.217 e. The average Bonchev–Trinajstić information content (AvgIpc) is 2.93. The first-order chi connectivity index (χ1) is 11.0. The van der Waals surface area contributed by atoms with E-state index in [-0.39, 0.29) is 5.91 Å². The van der Waals surface area contributed by atoms with Crippen LogP contribution in [-0.2, 0) is 11.3 Å². The lowest BCUT2D eigenvalue weighted by Crippen LogP contribution is -2.34. The molecule has 2 N–H and O–H groups in total. The van der Waals surface area contributed by atoms with Crippen molar-refractivity contribution in [2.45, 2.75) is 33.7 Å². The van der Waals surface area contributed by atoms with E-state index in [2.05, 4.69) is 47.3 Å². The molecule has 0 radical (unpaired) electrons. The highest BCUT2D eigenvalue weighted by Crippen LogP contribution is 2.20. The lowest BCUT2D eigenvalue weighted by atomic mass is 10.1. The number of nitrogens with zero attached hydrogens (tertiary/aromatic N) is 2. The Morgan fingerprint density at radius 1 is 1.39 bits per heavy atom. The molecule has 5 nitrogen and oxygen atoms in total. The van der Waals surface area contributed by atoms with Gasteiger partial charge in [0.05, 0.1) is 17.6 Å². The van der Waals surface area contributed by atoms with Crippen molar-refractivity contribution in [1.82, 2.24) is 20.2 Å². The lowest BCUT2D eigenvalue weighted by molar-refractivity contribution is -0.118. The van der Waals surface area contributed by atoms with Crippen LogP contribution in [0.4, 0.5) is 0 Å². The molecule has 2 aromatic rings. The molecule has 0 atom stereocenters. The molecular formula is C18H24N4O. The van der Waals surface area contributed by atoms with Gasteiger partial charge in [0.1, 0.15) is 5.82 Å². The number of imidazole rings is 1. The van der Waals surface area contributed by atoms with Crippen molar-refractivity contribution in [2.24, 2.45) is 0 Å². The molecule has 1 aliphatic heterocycles. The van der Waals surface area contributed by atoms with Crippen molar-refractivity contribution in [3.63, 3.8) is 0 Å². The fraction of sp³-hybridized carbons (Fsp3) is 0.444. The van der Waals surface area contributed by atoms with Crippen molar-refractivity contribution < 1.29 is 4.79 Å². The summed E-state index contributed by atoms with van der Waals surface area (Å²) in [7, 11) is 0. The third-order valence-corrected chi connectivity index (χ3v) is 4.47. The Morgan fingerprint density at radius 3 is 3.00 bits per heavy atom. The van der Waals surface area contributed by atoms with Gasteiger partial charge in [-0.2, -0.15) is 0 Å². The second-order valence-corrected chi connectivity index (χ2v) is 6.36. The van der Waals surface area contributed by atoms with Gasteiger partial charge in [0.25, 0.3) is 0 Å². The highest BCUT2D eigenvalue weighted by atomic mass is 16.1. The van der Waals surface area contributed by atoms with E-state index in [1.165, 1.54) is 16.7 Å². The molecule has 0 spiro atoms. The highest BCUT2D eigenvalue weighted by molar-refractivity contribution is 5.79. The van der Waals surface area contributed by atoms with E-state index in [0.717, 1.165) is 42.9 Å². The first kappa shape index (κ1) is 15.7. The number of rotatable bonds is 4. The van der Waals surface area contributed by atoms with Crippen LogP contribution in [0.15, 0.2) is 23.8 Å². The summed E-state index contributed by atoms with van der Waals surface area (Å²) < 4.78 is 0. The van der Waals surface area contributed by atoms with Crippen LogP contribution in [-0.4, -0.2) is 40.4 Å². The minimum atomic E-state index is 0.0196. The number of aryl methyl sites for hydroxylation is 2. The van der Waals surface area contributed by atoms with E-state index in [1.807, 2.05) is 0 Å². The predicted octanol–water partition coefficient (Wildman–Crippen LogP) is 2.45. The first-order valence-corrected chi connectivity index (χ1v) is 8.12. The van der Waals surface area contributed by atoms with Gasteiger partial charge in [-0.1, -0.05) is 12.1 Å². The Kier molecular flexibility index (Phi) is 4.48. The second-order valence-electron chi connectivity index (χ2n) is 6.36. The molecule has 1 aromatic heterocycles. The number of aromatic amines is 1. The van der Waals surface area contributed by atoms with E-state index in [0.29, 0.717) is 6.54 Å². The first-order valence-electron chi connectivity index (χ1n) is 8.12. The van der Waals surface area contributed by atoms with E-state index < -0.39 is 0 Å². The summed E-state index contributed by atoms with van der Waals surface area (Å²) in [5.74, 6) is 1.03. The van der Waals surface area contributed by atoms with Crippen LogP contribution in [0.2, 0.25) is 0 Å². The Hall–Kier alpha value is -2.14. The normalized spacial score (nSPS) is 15.7. The minimum Gasteiger partial charge on any atom is -0.353 e. The van der Waals surface area contributed by atoms with E-state index in [1.54, 1.807) is 6.92 Å². The molecule has 0 saturated heterocycles. The van der Waals surface area contributed by atoms with Crippen molar-refractivity contribution >= 4 is 16.9 Å². The standard InChI is InChI=1S/C18H24N4O/c1-12-6-7-16-18(13(12)2)21-17(20-16)11-22-8-4-5-15(10-22)9-19-14(3)23/h5-7H,4,8-11H2,1-3H3,(H,19,23)(H,20,21). The van der Waals surface area contributed by atoms with Gasteiger partial charge in [-0.05, 0) is 43.0 Å². The number of hydrogen-bond donors (Lipinski definition) is 2. The van der Waals surface area contributed by atoms with Crippen LogP contribution in [0.5, 0.6) is 0 Å². The van der Waals surface area contributed by atoms with E-state index >= 15 is 0 Å². The fourth-order valence-electron chi connectivity index (χ4n) is 3.03. The fourth-order valence-corrected chi connectivity index (χ4v) is 3.03. The second kappa shape index (κ2) is 6.54. The summed E-state index contributed by atoms with van der Waals surface area (Å²) in [6.07, 6.45) is 3.26. The summed E-state index contributed by atoms with van der Waals surface area (Å²) in [5.41, 5.74) is 5.97. The third-order valence-electron chi connectivity index (χ3n) is 4.47. The number of amides is 1. The summed E-state index contributed by atoms with van der Waals surface area (Å²) in [6.45, 7) is 9.16. The molecule has 0 fully saturated rings. The van der Waals surface area contributed by atoms with Crippen molar-refractivity contribution in [3.8, 4) is 0 Å². The number of fused-ring (bicyclic) bond motifs is 1. The predicted molar refractivity (Wildman–Crippen MR) is 92.2 cm³/mol. The van der Waals surface area contributed by atoms with E-state index in [4.69, 9.17) is 4.98 Å². The summed E-state index contributed by atoms with van der Waals surface area (Å²) in [4.78, 5) is 21.6. The summed E-state index contributed by atoms with van der Waals surface area (Å²) >= 11 is 0. The van der Waals surface area contributed by atoms with Crippen LogP contribution in [0.3, 0.4) is 0 Å². The van der Waals surface area contributed by atoms with Gasteiger partial charge in [0, 0.05) is 26.6 Å². The Bertz CT molecular complexity index is 760. The Balaban J connectivity index is 1.69. The topological polar surface area (TPSA) is 61.0 Å². The molecule has 0 aliphatic carbocycles. The molecule has 1 amide bonds. The van der Waals surface area contributed by atoms with Crippen molar-refractivity contribution in [1.29, 1.82) is 0 Å². The van der Waals surface area contributed by atoms with Gasteiger partial charge in [0.15, 0.2) is 0 Å². The number of nitrogens with one attached hydrogen (secondary N) is 2. The Labute approximate surface area is 136 Å². The number of aromatic nitrogens is 2. The molecule has 1 aliphatic rings. The van der Waals surface area contributed by atoms with Crippen LogP contribution in [0.25, 0.3) is 11.0 Å². The molecular weight excluding hydrogens is 288 g/mol. The van der Waals surface area contributed by atoms with Crippen molar-refractivity contribution in [3.05, 3.63) is 40.7 Å². The number of carbonyl (C=O) groups excluding carboxylic acids is 1. The molecule has 122 valence electrons. The van der Waals surface area contributed by atoms with Crippen LogP contribution < -0.4 is 5.32 Å². The summed E-state index contributed by atoms with van der Waals surface area (Å²) in [6, 6.07) is 4.24. The van der Waals surface area contributed by atoms with Gasteiger partial charge in [-0.3, -0.25) is 9.69 Å². The minimum absolute atomic E-state index is 0.0196. The molecule has 0 unspecified atom stereocenters.